The summed E-state index contributed by atoms with van der Waals surface area (Å²) in [6, 6.07) is 10.6. The van der Waals surface area contributed by atoms with Crippen LogP contribution >= 0.6 is 15.9 Å². The molecule has 0 saturated carbocycles. The molecule has 0 aliphatic heterocycles. The highest BCUT2D eigenvalue weighted by atomic mass is 79.9. The molecular formula is C15H16BrNO3S. The van der Waals surface area contributed by atoms with Gasteiger partial charge >= 0.3 is 0 Å². The molecule has 0 radical (unpaired) electrons. The monoisotopic (exact) mass is 369 g/mol. The van der Waals surface area contributed by atoms with Gasteiger partial charge in [0.15, 0.2) is 5.76 Å². The Morgan fingerprint density at radius 2 is 1.95 bits per heavy atom. The van der Waals surface area contributed by atoms with Gasteiger partial charge in [-0.1, -0.05) is 22.9 Å². The fourth-order valence-corrected chi connectivity index (χ4v) is 2.99. The Bertz CT molecular complexity index is 637. The number of hydrogen-bond acceptors (Lipinski definition) is 3. The molecule has 1 N–H and O–H groups in total. The maximum Gasteiger partial charge on any atom is 0.286 e. The molecule has 1 atom stereocenters. The highest BCUT2D eigenvalue weighted by molar-refractivity contribution is 9.10. The van der Waals surface area contributed by atoms with Crippen molar-refractivity contribution in [3.05, 3.63) is 52.4 Å². The summed E-state index contributed by atoms with van der Waals surface area (Å²) in [5.41, 5.74) is 0. The number of carbonyl (C=O) groups is 1. The molecule has 2 rings (SSSR count). The second-order valence-electron chi connectivity index (χ2n) is 4.47. The maximum atomic E-state index is 12.2. The summed E-state index contributed by atoms with van der Waals surface area (Å²) in [6.07, 6.45) is 0.868. The summed E-state index contributed by atoms with van der Waals surface area (Å²) in [7, 11) is -1.19. The molecule has 0 aliphatic rings. The first-order valence-electron chi connectivity index (χ1n) is 6.61. The second kappa shape index (κ2) is 7.56. The lowest BCUT2D eigenvalue weighted by Gasteiger charge is -2.01. The van der Waals surface area contributed by atoms with Crippen LogP contribution in [0.5, 0.6) is 0 Å². The normalized spacial score (nSPS) is 12.1. The van der Waals surface area contributed by atoms with Crippen molar-refractivity contribution in [2.45, 2.75) is 24.0 Å². The van der Waals surface area contributed by atoms with Crippen LogP contribution in [0.3, 0.4) is 0 Å². The van der Waals surface area contributed by atoms with Crippen molar-refractivity contribution in [3.63, 3.8) is 0 Å². The van der Waals surface area contributed by atoms with E-state index < -0.39 is 10.8 Å². The molecule has 0 spiro atoms. The number of hydrogen-bond donors (Lipinski definition) is 1. The van der Waals surface area contributed by atoms with Crippen LogP contribution < -0.4 is 5.32 Å². The third-order valence-corrected chi connectivity index (χ3v) is 4.64. The van der Waals surface area contributed by atoms with Crippen LogP contribution in [0.2, 0.25) is 0 Å². The van der Waals surface area contributed by atoms with Gasteiger partial charge in [0, 0.05) is 15.9 Å². The van der Waals surface area contributed by atoms with Crippen LogP contribution in [0.25, 0.3) is 0 Å². The largest absolute Gasteiger partial charge is 0.455 e. The number of nitrogens with one attached hydrogen (secondary N) is 1. The lowest BCUT2D eigenvalue weighted by molar-refractivity contribution is 0.0924. The predicted molar refractivity (Wildman–Crippen MR) is 85.6 cm³/mol. The molecule has 1 aromatic heterocycles. The van der Waals surface area contributed by atoms with Gasteiger partial charge in [0.25, 0.3) is 5.91 Å². The number of benzene rings is 1. The van der Waals surface area contributed by atoms with Crippen LogP contribution in [-0.4, -0.2) is 16.7 Å². The first-order valence-corrected chi connectivity index (χ1v) is 8.72. The van der Waals surface area contributed by atoms with Gasteiger partial charge in [0.1, 0.15) is 5.76 Å². The molecule has 1 amide bonds. The van der Waals surface area contributed by atoms with Crippen molar-refractivity contribution in [2.24, 2.45) is 0 Å². The van der Waals surface area contributed by atoms with E-state index in [0.717, 1.165) is 15.8 Å². The number of carbonyl (C=O) groups excluding carboxylic acids is 1. The van der Waals surface area contributed by atoms with E-state index >= 15 is 0 Å². The van der Waals surface area contributed by atoms with Crippen molar-refractivity contribution in [1.29, 1.82) is 0 Å². The molecule has 0 aliphatic carbocycles. The van der Waals surface area contributed by atoms with Crippen LogP contribution in [0.1, 0.15) is 29.7 Å². The van der Waals surface area contributed by atoms with Gasteiger partial charge in [-0.15, -0.1) is 0 Å². The second-order valence-corrected chi connectivity index (χ2v) is 6.83. The number of rotatable bonds is 6. The minimum absolute atomic E-state index is 0.238. The molecule has 6 heteroatoms. The van der Waals surface area contributed by atoms with Gasteiger partial charge < -0.3 is 9.73 Å². The lowest BCUT2D eigenvalue weighted by atomic mass is 10.4. The minimum Gasteiger partial charge on any atom is -0.455 e. The molecule has 1 unspecified atom stereocenters. The van der Waals surface area contributed by atoms with Gasteiger partial charge in [-0.3, -0.25) is 9.00 Å². The molecule has 4 nitrogen and oxygen atoms in total. The van der Waals surface area contributed by atoms with E-state index in [0.29, 0.717) is 12.3 Å². The zero-order chi connectivity index (χ0) is 15.2. The standard InChI is InChI=1S/C15H16BrNO3S/c1-2-9-17-15(18)14-8-5-12(20-14)10-21(19)13-6-3-11(16)4-7-13/h3-8H,2,9-10H2,1H3,(H,17,18). The van der Waals surface area contributed by atoms with E-state index in [-0.39, 0.29) is 17.4 Å². The Kier molecular flexibility index (Phi) is 5.76. The van der Waals surface area contributed by atoms with E-state index in [1.807, 2.05) is 19.1 Å². The Balaban J connectivity index is 2.00. The Morgan fingerprint density at radius 3 is 2.62 bits per heavy atom. The van der Waals surface area contributed by atoms with Crippen LogP contribution in [0.4, 0.5) is 0 Å². The highest BCUT2D eigenvalue weighted by Gasteiger charge is 2.13. The molecule has 1 heterocycles. The molecule has 0 fully saturated rings. The number of amides is 1. The quantitative estimate of drug-likeness (QED) is 0.847. The molecule has 1 aromatic carbocycles. The summed E-state index contributed by atoms with van der Waals surface area (Å²) in [6.45, 7) is 2.59. The van der Waals surface area contributed by atoms with Crippen molar-refractivity contribution >= 4 is 32.6 Å². The van der Waals surface area contributed by atoms with E-state index in [1.54, 1.807) is 24.3 Å². The minimum atomic E-state index is -1.19. The SMILES string of the molecule is CCCNC(=O)c1ccc(CS(=O)c2ccc(Br)cc2)o1. The average Bonchev–Trinajstić information content (AvgIpc) is 2.94. The Morgan fingerprint density at radius 1 is 1.24 bits per heavy atom. The summed E-state index contributed by atoms with van der Waals surface area (Å²) in [4.78, 5) is 12.5. The van der Waals surface area contributed by atoms with Crippen molar-refractivity contribution < 1.29 is 13.4 Å². The smallest absolute Gasteiger partial charge is 0.286 e. The Labute approximate surface area is 134 Å². The molecule has 0 saturated heterocycles. The van der Waals surface area contributed by atoms with Gasteiger partial charge in [0.05, 0.1) is 16.6 Å². The average molecular weight is 370 g/mol. The molecular weight excluding hydrogens is 354 g/mol. The predicted octanol–water partition coefficient (Wildman–Crippen LogP) is 3.49. The van der Waals surface area contributed by atoms with Crippen LogP contribution in [0.15, 0.2) is 50.2 Å². The summed E-state index contributed by atoms with van der Waals surface area (Å²) >= 11 is 3.34. The fraction of sp³-hybridized carbons (Fsp3) is 0.267. The lowest BCUT2D eigenvalue weighted by Crippen LogP contribution is -2.23. The van der Waals surface area contributed by atoms with Gasteiger partial charge in [-0.25, -0.2) is 0 Å². The highest BCUT2D eigenvalue weighted by Crippen LogP contribution is 2.17. The summed E-state index contributed by atoms with van der Waals surface area (Å²) < 4.78 is 18.6. The van der Waals surface area contributed by atoms with Crippen molar-refractivity contribution in [1.82, 2.24) is 5.32 Å². The van der Waals surface area contributed by atoms with Gasteiger partial charge in [0.2, 0.25) is 0 Å². The van der Waals surface area contributed by atoms with E-state index in [4.69, 9.17) is 4.42 Å². The summed E-state index contributed by atoms with van der Waals surface area (Å²) in [5, 5.41) is 2.74. The fourth-order valence-electron chi connectivity index (χ4n) is 1.70. The van der Waals surface area contributed by atoms with E-state index in [1.165, 1.54) is 0 Å². The zero-order valence-electron chi connectivity index (χ0n) is 11.6. The molecule has 112 valence electrons. The van der Waals surface area contributed by atoms with Gasteiger partial charge in [-0.05, 0) is 42.8 Å². The van der Waals surface area contributed by atoms with Crippen LogP contribution in [0, 0.1) is 0 Å². The zero-order valence-corrected chi connectivity index (χ0v) is 14.0. The summed E-state index contributed by atoms with van der Waals surface area (Å²) in [5.74, 6) is 0.810. The van der Waals surface area contributed by atoms with E-state index in [9.17, 15) is 9.00 Å². The molecule has 21 heavy (non-hydrogen) atoms. The third-order valence-electron chi connectivity index (χ3n) is 2.77. The van der Waals surface area contributed by atoms with Crippen molar-refractivity contribution in [2.75, 3.05) is 6.54 Å². The molecule has 2 aromatic rings. The number of furan rings is 1. The van der Waals surface area contributed by atoms with E-state index in [2.05, 4.69) is 21.2 Å². The maximum absolute atomic E-state index is 12.2. The van der Waals surface area contributed by atoms with Crippen LogP contribution in [-0.2, 0) is 16.6 Å². The Hall–Kier alpha value is -1.40. The number of halogens is 1. The molecule has 0 bridgehead atoms. The third kappa shape index (κ3) is 4.54. The first-order chi connectivity index (χ1) is 10.1. The first kappa shape index (κ1) is 16.0. The van der Waals surface area contributed by atoms with Gasteiger partial charge in [-0.2, -0.15) is 0 Å². The topological polar surface area (TPSA) is 59.3 Å². The van der Waals surface area contributed by atoms with Crippen molar-refractivity contribution in [3.8, 4) is 0 Å².